The molecule has 1 atom stereocenters. The second-order valence-corrected chi connectivity index (χ2v) is 10.3. The van der Waals surface area contributed by atoms with Crippen molar-refractivity contribution in [3.63, 3.8) is 0 Å². The Bertz CT molecular complexity index is 838. The van der Waals surface area contributed by atoms with Crippen molar-refractivity contribution in [3.8, 4) is 6.07 Å². The number of nitrogens with two attached hydrogens (primary N) is 1. The van der Waals surface area contributed by atoms with Gasteiger partial charge in [-0.3, -0.25) is 0 Å². The lowest BCUT2D eigenvalue weighted by Gasteiger charge is -2.33. The van der Waals surface area contributed by atoms with Crippen molar-refractivity contribution in [1.82, 2.24) is 0 Å². The third kappa shape index (κ3) is 2.71. The Labute approximate surface area is 154 Å². The molecule has 22 heavy (non-hydrogen) atoms. The fourth-order valence-electron chi connectivity index (χ4n) is 2.75. The van der Waals surface area contributed by atoms with Gasteiger partial charge in [-0.1, -0.05) is 0 Å². The average molecular weight is 456 g/mol. The van der Waals surface area contributed by atoms with Crippen LogP contribution in [0.3, 0.4) is 0 Å². The molecule has 0 amide bonds. The molecule has 0 radical (unpaired) electrons. The van der Waals surface area contributed by atoms with Crippen LogP contribution in [-0.4, -0.2) is 0 Å². The first-order valence-electron chi connectivity index (χ1n) is 6.56. The second-order valence-electron chi connectivity index (χ2n) is 5.33. The van der Waals surface area contributed by atoms with Crippen LogP contribution in [0.1, 0.15) is 23.1 Å². The van der Waals surface area contributed by atoms with Crippen LogP contribution >= 0.6 is 54.5 Å². The van der Waals surface area contributed by atoms with Crippen LogP contribution in [0.2, 0.25) is 0 Å². The fourth-order valence-corrected chi connectivity index (χ4v) is 5.69. The number of hydrogen-bond acceptors (Lipinski definition) is 4. The summed E-state index contributed by atoms with van der Waals surface area (Å²) in [6, 6.07) is 10.6. The van der Waals surface area contributed by atoms with Gasteiger partial charge in [-0.15, -0.1) is 22.7 Å². The van der Waals surface area contributed by atoms with Crippen LogP contribution in [0.5, 0.6) is 0 Å². The van der Waals surface area contributed by atoms with Crippen molar-refractivity contribution >= 4 is 60.1 Å². The highest BCUT2D eigenvalue weighted by Crippen LogP contribution is 2.48. The summed E-state index contributed by atoms with van der Waals surface area (Å²) in [5.41, 5.74) is 8.23. The third-order valence-electron chi connectivity index (χ3n) is 3.83. The zero-order valence-electron chi connectivity index (χ0n) is 11.7. The van der Waals surface area contributed by atoms with Crippen LogP contribution in [0, 0.1) is 11.3 Å². The molecule has 0 saturated carbocycles. The van der Waals surface area contributed by atoms with E-state index < -0.39 is 0 Å². The molecule has 0 aliphatic heterocycles. The molecule has 0 spiro atoms. The summed E-state index contributed by atoms with van der Waals surface area (Å²) in [5, 5.41) is 9.60. The van der Waals surface area contributed by atoms with Gasteiger partial charge in [0, 0.05) is 20.9 Å². The predicted octanol–water partition coefficient (Wildman–Crippen LogP) is 5.82. The molecule has 2 aromatic heterocycles. The lowest BCUT2D eigenvalue weighted by molar-refractivity contribution is 0.591. The molecule has 0 bridgehead atoms. The highest BCUT2D eigenvalue weighted by Gasteiger charge is 2.38. The largest absolute Gasteiger partial charge is 0.398 e. The van der Waals surface area contributed by atoms with Gasteiger partial charge in [0.1, 0.15) is 0 Å². The third-order valence-corrected chi connectivity index (χ3v) is 7.42. The van der Waals surface area contributed by atoms with Crippen molar-refractivity contribution in [2.45, 2.75) is 18.8 Å². The van der Waals surface area contributed by atoms with E-state index >= 15 is 0 Å². The maximum Gasteiger partial charge on any atom is 0.0978 e. The van der Waals surface area contributed by atoms with Crippen molar-refractivity contribution < 1.29 is 0 Å². The van der Waals surface area contributed by atoms with Crippen molar-refractivity contribution in [2.24, 2.45) is 5.73 Å². The number of nitriles is 1. The monoisotopic (exact) mass is 454 g/mol. The molecule has 0 saturated heterocycles. The molecule has 0 aromatic carbocycles. The van der Waals surface area contributed by atoms with Crippen molar-refractivity contribution in [3.05, 3.63) is 58.9 Å². The average Bonchev–Trinajstić information content (AvgIpc) is 3.07. The number of rotatable bonds is 2. The summed E-state index contributed by atoms with van der Waals surface area (Å²) in [6.07, 6.45) is 2.72. The summed E-state index contributed by atoms with van der Waals surface area (Å²) < 4.78 is 2.16. The normalized spacial score (nSPS) is 21.6. The summed E-state index contributed by atoms with van der Waals surface area (Å²) >= 11 is 10.4. The van der Waals surface area contributed by atoms with Gasteiger partial charge in [0.2, 0.25) is 0 Å². The van der Waals surface area contributed by atoms with Crippen LogP contribution in [0.25, 0.3) is 5.57 Å². The van der Waals surface area contributed by atoms with Gasteiger partial charge in [-0.25, -0.2) is 0 Å². The SMILES string of the molecule is CC1(c2ccc(Br)s2)CC(c2ccc(Br)s2)=CC(N)=C1C#N. The van der Waals surface area contributed by atoms with Crippen LogP contribution in [0.15, 0.2) is 49.2 Å². The Balaban J connectivity index is 2.13. The standard InChI is InChI=1S/C16H12Br2N2S2/c1-16(13-3-5-15(18)22-13)7-9(6-11(20)10(16)8-19)12-2-4-14(17)21-12/h2-6H,7,20H2,1H3. The summed E-state index contributed by atoms with van der Waals surface area (Å²) in [4.78, 5) is 2.34. The lowest BCUT2D eigenvalue weighted by atomic mass is 9.72. The van der Waals surface area contributed by atoms with E-state index in [4.69, 9.17) is 5.73 Å². The molecule has 2 heterocycles. The second kappa shape index (κ2) is 5.97. The van der Waals surface area contributed by atoms with E-state index in [-0.39, 0.29) is 5.41 Å². The van der Waals surface area contributed by atoms with Gasteiger partial charge in [0.05, 0.1) is 19.2 Å². The topological polar surface area (TPSA) is 49.8 Å². The summed E-state index contributed by atoms with van der Waals surface area (Å²) in [6.45, 7) is 2.10. The smallest absolute Gasteiger partial charge is 0.0978 e. The van der Waals surface area contributed by atoms with E-state index in [1.807, 2.05) is 18.2 Å². The highest BCUT2D eigenvalue weighted by atomic mass is 79.9. The molecule has 6 heteroatoms. The first kappa shape index (κ1) is 16.0. The van der Waals surface area contributed by atoms with Gasteiger partial charge in [0.15, 0.2) is 0 Å². The maximum atomic E-state index is 9.60. The zero-order chi connectivity index (χ0) is 15.9. The van der Waals surface area contributed by atoms with Crippen molar-refractivity contribution in [2.75, 3.05) is 0 Å². The number of hydrogen-bond donors (Lipinski definition) is 1. The maximum absolute atomic E-state index is 9.60. The molecule has 2 N–H and O–H groups in total. The van der Waals surface area contributed by atoms with Gasteiger partial charge in [0.25, 0.3) is 0 Å². The number of nitrogens with zero attached hydrogens (tertiary/aromatic N) is 1. The molecule has 0 fully saturated rings. The van der Waals surface area contributed by atoms with Crippen LogP contribution in [0.4, 0.5) is 0 Å². The number of halogens is 2. The van der Waals surface area contributed by atoms with E-state index in [2.05, 4.69) is 57.0 Å². The van der Waals surface area contributed by atoms with Crippen LogP contribution in [-0.2, 0) is 5.41 Å². The minimum Gasteiger partial charge on any atom is -0.398 e. The molecule has 2 aromatic rings. The molecular weight excluding hydrogens is 444 g/mol. The lowest BCUT2D eigenvalue weighted by Crippen LogP contribution is -2.29. The van der Waals surface area contributed by atoms with E-state index in [9.17, 15) is 5.26 Å². The molecule has 3 rings (SSSR count). The molecule has 2 nitrogen and oxygen atoms in total. The van der Waals surface area contributed by atoms with E-state index in [1.165, 1.54) is 10.5 Å². The Morgan fingerprint density at radius 3 is 2.41 bits per heavy atom. The van der Waals surface area contributed by atoms with Gasteiger partial charge < -0.3 is 5.73 Å². The Hall–Kier alpha value is -0.870. The van der Waals surface area contributed by atoms with E-state index in [1.54, 1.807) is 22.7 Å². The molecule has 1 aliphatic carbocycles. The number of thiophene rings is 2. The first-order chi connectivity index (χ1) is 10.4. The Morgan fingerprint density at radius 1 is 1.18 bits per heavy atom. The molecule has 1 aliphatic rings. The number of allylic oxidation sites excluding steroid dienone is 3. The zero-order valence-corrected chi connectivity index (χ0v) is 16.5. The van der Waals surface area contributed by atoms with Gasteiger partial charge >= 0.3 is 0 Å². The van der Waals surface area contributed by atoms with Gasteiger partial charge in [-0.05, 0) is 81.1 Å². The minimum absolute atomic E-state index is 0.379. The first-order valence-corrected chi connectivity index (χ1v) is 9.78. The Morgan fingerprint density at radius 2 is 1.86 bits per heavy atom. The fraction of sp³-hybridized carbons (Fsp3) is 0.188. The summed E-state index contributed by atoms with van der Waals surface area (Å²) in [7, 11) is 0. The predicted molar refractivity (Wildman–Crippen MR) is 101 cm³/mol. The molecule has 112 valence electrons. The van der Waals surface area contributed by atoms with E-state index in [0.717, 1.165) is 18.9 Å². The van der Waals surface area contributed by atoms with E-state index in [0.29, 0.717) is 11.3 Å². The molecular formula is C16H12Br2N2S2. The minimum atomic E-state index is -0.379. The molecule has 1 unspecified atom stereocenters. The highest BCUT2D eigenvalue weighted by molar-refractivity contribution is 9.11. The Kier molecular flexibility index (Phi) is 4.34. The summed E-state index contributed by atoms with van der Waals surface area (Å²) in [5.74, 6) is 0. The van der Waals surface area contributed by atoms with Gasteiger partial charge in [-0.2, -0.15) is 5.26 Å². The van der Waals surface area contributed by atoms with Crippen LogP contribution < -0.4 is 5.73 Å². The quantitative estimate of drug-likeness (QED) is 0.620. The van der Waals surface area contributed by atoms with Crippen molar-refractivity contribution in [1.29, 1.82) is 5.26 Å².